The molecule has 0 saturated heterocycles. The lowest BCUT2D eigenvalue weighted by atomic mass is 9.95. The summed E-state index contributed by atoms with van der Waals surface area (Å²) in [5.41, 5.74) is 1.29. The van der Waals surface area contributed by atoms with Gasteiger partial charge in [0.2, 0.25) is 0 Å². The number of aromatic nitrogens is 1. The van der Waals surface area contributed by atoms with Crippen LogP contribution in [0.4, 0.5) is 5.69 Å². The van der Waals surface area contributed by atoms with E-state index in [-0.39, 0.29) is 16.8 Å². The van der Waals surface area contributed by atoms with Crippen molar-refractivity contribution in [1.82, 2.24) is 4.57 Å². The number of thiazole rings is 1. The molecule has 0 fully saturated rings. The van der Waals surface area contributed by atoms with Crippen molar-refractivity contribution >= 4 is 29.1 Å². The van der Waals surface area contributed by atoms with E-state index in [1.54, 1.807) is 43.3 Å². The fourth-order valence-corrected chi connectivity index (χ4v) is 5.31. The number of allylic oxidation sites excluding steroid dienone is 1. The van der Waals surface area contributed by atoms with E-state index in [2.05, 4.69) is 18.8 Å². The average Bonchev–Trinajstić information content (AvgIpc) is 3.21. The molecule has 204 valence electrons. The zero-order valence-electron chi connectivity index (χ0n) is 22.3. The van der Waals surface area contributed by atoms with E-state index < -0.39 is 16.9 Å². The van der Waals surface area contributed by atoms with Crippen LogP contribution in [0.25, 0.3) is 6.08 Å². The second-order valence-corrected chi connectivity index (χ2v) is 10.4. The van der Waals surface area contributed by atoms with E-state index in [4.69, 9.17) is 14.2 Å². The first-order valence-electron chi connectivity index (χ1n) is 12.3. The Morgan fingerprint density at radius 3 is 2.64 bits per heavy atom. The van der Waals surface area contributed by atoms with Crippen molar-refractivity contribution in [2.24, 2.45) is 10.9 Å². The number of hydrogen-bond acceptors (Lipinski definition) is 9. The van der Waals surface area contributed by atoms with Crippen LogP contribution in [0.3, 0.4) is 0 Å². The molecule has 0 saturated carbocycles. The monoisotopic (exact) mass is 551 g/mol. The van der Waals surface area contributed by atoms with Crippen molar-refractivity contribution in [3.8, 4) is 11.5 Å². The van der Waals surface area contributed by atoms with Crippen molar-refractivity contribution < 1.29 is 23.9 Å². The lowest BCUT2D eigenvalue weighted by Gasteiger charge is -2.25. The number of non-ortho nitro benzene ring substituents is 1. The van der Waals surface area contributed by atoms with Crippen LogP contribution >= 0.6 is 11.3 Å². The number of carbonyl (C=O) groups excluding carboxylic acids is 1. The predicted molar refractivity (Wildman–Crippen MR) is 147 cm³/mol. The van der Waals surface area contributed by atoms with Crippen LogP contribution in [-0.4, -0.2) is 36.3 Å². The van der Waals surface area contributed by atoms with Gasteiger partial charge in [-0.1, -0.05) is 43.4 Å². The second-order valence-electron chi connectivity index (χ2n) is 9.37. The Morgan fingerprint density at radius 1 is 1.21 bits per heavy atom. The number of benzene rings is 2. The van der Waals surface area contributed by atoms with E-state index in [0.29, 0.717) is 50.2 Å². The third-order valence-corrected chi connectivity index (χ3v) is 7.24. The first kappa shape index (κ1) is 27.8. The molecule has 39 heavy (non-hydrogen) atoms. The van der Waals surface area contributed by atoms with Crippen molar-refractivity contribution in [1.29, 1.82) is 0 Å². The predicted octanol–water partition coefficient (Wildman–Crippen LogP) is 3.75. The summed E-state index contributed by atoms with van der Waals surface area (Å²) in [6, 6.07) is 10.5. The van der Waals surface area contributed by atoms with E-state index in [9.17, 15) is 19.7 Å². The summed E-state index contributed by atoms with van der Waals surface area (Å²) < 4.78 is 18.3. The van der Waals surface area contributed by atoms with Crippen LogP contribution in [0.2, 0.25) is 0 Å². The summed E-state index contributed by atoms with van der Waals surface area (Å²) in [4.78, 5) is 42.3. The molecule has 1 atom stereocenters. The molecule has 2 heterocycles. The highest BCUT2D eigenvalue weighted by molar-refractivity contribution is 7.07. The fraction of sp³-hybridized carbons (Fsp3) is 0.321. The van der Waals surface area contributed by atoms with Crippen LogP contribution in [0.15, 0.2) is 63.5 Å². The number of nitrogens with zero attached hydrogens (tertiary/aromatic N) is 3. The molecule has 4 rings (SSSR count). The minimum atomic E-state index is -0.834. The average molecular weight is 552 g/mol. The molecular formula is C28H29N3O7S. The van der Waals surface area contributed by atoms with Crippen LogP contribution < -0.4 is 24.4 Å². The van der Waals surface area contributed by atoms with Gasteiger partial charge in [-0.15, -0.1) is 0 Å². The number of esters is 1. The molecule has 1 aromatic heterocycles. The Bertz CT molecular complexity index is 1640. The van der Waals surface area contributed by atoms with E-state index in [1.165, 1.54) is 30.9 Å². The Labute approximate surface area is 228 Å². The van der Waals surface area contributed by atoms with Gasteiger partial charge in [0.15, 0.2) is 16.3 Å². The zero-order chi connectivity index (χ0) is 28.3. The number of fused-ring (bicyclic) bond motifs is 1. The van der Waals surface area contributed by atoms with Gasteiger partial charge in [0, 0.05) is 12.1 Å². The van der Waals surface area contributed by atoms with Crippen LogP contribution in [0.1, 0.15) is 44.4 Å². The lowest BCUT2D eigenvalue weighted by Crippen LogP contribution is -2.39. The zero-order valence-corrected chi connectivity index (χ0v) is 23.1. The fourth-order valence-electron chi connectivity index (χ4n) is 4.27. The number of nitro benzene ring substituents is 1. The minimum absolute atomic E-state index is 0.0824. The molecule has 1 aliphatic heterocycles. The standard InChI is InChI=1S/C28H29N3O7S/c1-16(2)11-12-38-21-10-9-19(15-22(21)36-4)25-24(27(33)37-5)17(3)29-28-30(25)26(32)23(39-28)14-18-7-6-8-20(13-18)31(34)35/h6-10,13-16,25H,11-12H2,1-5H3/b23-14-. The maximum atomic E-state index is 13.7. The van der Waals surface area contributed by atoms with Gasteiger partial charge in [0.05, 0.1) is 47.6 Å². The summed E-state index contributed by atoms with van der Waals surface area (Å²) in [5, 5.41) is 11.2. The lowest BCUT2D eigenvalue weighted by molar-refractivity contribution is -0.384. The number of methoxy groups -OCH3 is 2. The summed E-state index contributed by atoms with van der Waals surface area (Å²) in [6.07, 6.45) is 2.46. The highest BCUT2D eigenvalue weighted by Gasteiger charge is 2.33. The number of rotatable bonds is 9. The Morgan fingerprint density at radius 2 is 1.97 bits per heavy atom. The van der Waals surface area contributed by atoms with E-state index in [1.807, 2.05) is 0 Å². The Kier molecular flexibility index (Phi) is 8.29. The minimum Gasteiger partial charge on any atom is -0.493 e. The number of ether oxygens (including phenoxy) is 3. The Balaban J connectivity index is 1.87. The molecule has 3 aromatic rings. The topological polar surface area (TPSA) is 122 Å². The van der Waals surface area contributed by atoms with Crippen LogP contribution in [-0.2, 0) is 9.53 Å². The first-order valence-corrected chi connectivity index (χ1v) is 13.1. The molecule has 0 aliphatic carbocycles. The summed E-state index contributed by atoms with van der Waals surface area (Å²) >= 11 is 1.14. The normalized spacial score (nSPS) is 15.1. The Hall–Kier alpha value is -4.25. The molecule has 0 spiro atoms. The van der Waals surface area contributed by atoms with Crippen molar-refractivity contribution in [2.75, 3.05) is 20.8 Å². The van der Waals surface area contributed by atoms with Gasteiger partial charge < -0.3 is 14.2 Å². The van der Waals surface area contributed by atoms with Crippen LogP contribution in [0, 0.1) is 16.0 Å². The van der Waals surface area contributed by atoms with Gasteiger partial charge in [-0.25, -0.2) is 9.79 Å². The first-order chi connectivity index (χ1) is 18.6. The summed E-state index contributed by atoms with van der Waals surface area (Å²) in [6.45, 7) is 6.44. The molecule has 0 radical (unpaired) electrons. The maximum Gasteiger partial charge on any atom is 0.338 e. The summed E-state index contributed by atoms with van der Waals surface area (Å²) in [7, 11) is 2.81. The molecule has 11 heteroatoms. The van der Waals surface area contributed by atoms with Crippen LogP contribution in [0.5, 0.6) is 11.5 Å². The van der Waals surface area contributed by atoms with Gasteiger partial charge in [-0.2, -0.15) is 0 Å². The SMILES string of the molecule is COC(=O)C1=C(C)N=c2s/c(=C\c3cccc([N+](=O)[O-])c3)c(=O)n2C1c1ccc(OCCC(C)C)c(OC)c1. The molecule has 0 bridgehead atoms. The highest BCUT2D eigenvalue weighted by Crippen LogP contribution is 2.36. The number of nitro groups is 1. The third kappa shape index (κ3) is 5.78. The molecule has 0 N–H and O–H groups in total. The largest absolute Gasteiger partial charge is 0.493 e. The second kappa shape index (κ2) is 11.6. The highest BCUT2D eigenvalue weighted by atomic mass is 32.1. The maximum absolute atomic E-state index is 13.7. The molecule has 0 amide bonds. The molecule has 10 nitrogen and oxygen atoms in total. The van der Waals surface area contributed by atoms with Crippen molar-refractivity contribution in [2.45, 2.75) is 33.2 Å². The molecular weight excluding hydrogens is 522 g/mol. The van der Waals surface area contributed by atoms with Gasteiger partial charge >= 0.3 is 5.97 Å². The van der Waals surface area contributed by atoms with Crippen molar-refractivity contribution in [3.05, 3.63) is 94.7 Å². The summed E-state index contributed by atoms with van der Waals surface area (Å²) in [5.74, 6) is 0.897. The third-order valence-electron chi connectivity index (χ3n) is 6.26. The molecule has 1 unspecified atom stereocenters. The van der Waals surface area contributed by atoms with Gasteiger partial charge in [0.25, 0.3) is 11.2 Å². The van der Waals surface area contributed by atoms with E-state index >= 15 is 0 Å². The van der Waals surface area contributed by atoms with Crippen molar-refractivity contribution in [3.63, 3.8) is 0 Å². The number of hydrogen-bond donors (Lipinski definition) is 0. The molecule has 2 aromatic carbocycles. The van der Waals surface area contributed by atoms with E-state index in [0.717, 1.165) is 17.8 Å². The van der Waals surface area contributed by atoms with Gasteiger partial charge in [0.1, 0.15) is 0 Å². The number of carbonyl (C=O) groups is 1. The van der Waals surface area contributed by atoms with Gasteiger partial charge in [-0.3, -0.25) is 19.5 Å². The van der Waals surface area contributed by atoms with Gasteiger partial charge in [-0.05, 0) is 48.6 Å². The molecule has 1 aliphatic rings. The smallest absolute Gasteiger partial charge is 0.338 e. The quantitative estimate of drug-likeness (QED) is 0.225.